The molecule has 3 heterocycles. The highest BCUT2D eigenvalue weighted by Gasteiger charge is 2.09. The second-order valence-electron chi connectivity index (χ2n) is 4.64. The number of hydrogen-bond acceptors (Lipinski definition) is 4. The minimum absolute atomic E-state index is 0.148. The first-order valence-corrected chi connectivity index (χ1v) is 6.76. The van der Waals surface area contributed by atoms with Crippen LogP contribution in [-0.2, 0) is 13.1 Å². The SMILES string of the molecule is CCn1ncc2cc(C(=O)NCc3ccncc3)cnc21. The van der Waals surface area contributed by atoms with Crippen LogP contribution in [0.2, 0.25) is 0 Å². The Bertz CT molecular complexity index is 766. The molecule has 21 heavy (non-hydrogen) atoms. The molecular formula is C15H15N5O. The van der Waals surface area contributed by atoms with Gasteiger partial charge in [-0.2, -0.15) is 5.10 Å². The fourth-order valence-electron chi connectivity index (χ4n) is 2.11. The Kier molecular flexibility index (Phi) is 3.59. The minimum atomic E-state index is -0.148. The first-order valence-electron chi connectivity index (χ1n) is 6.76. The maximum absolute atomic E-state index is 12.1. The molecule has 0 radical (unpaired) electrons. The van der Waals surface area contributed by atoms with E-state index in [2.05, 4.69) is 20.4 Å². The van der Waals surface area contributed by atoms with Crippen LogP contribution in [0.5, 0.6) is 0 Å². The number of fused-ring (bicyclic) bond motifs is 1. The van der Waals surface area contributed by atoms with E-state index in [1.54, 1.807) is 29.5 Å². The molecule has 3 aromatic rings. The number of nitrogens with zero attached hydrogens (tertiary/aromatic N) is 4. The van der Waals surface area contributed by atoms with Crippen molar-refractivity contribution in [2.24, 2.45) is 0 Å². The van der Waals surface area contributed by atoms with Gasteiger partial charge in [0.15, 0.2) is 5.65 Å². The first-order chi connectivity index (χ1) is 10.3. The lowest BCUT2D eigenvalue weighted by molar-refractivity contribution is 0.0950. The van der Waals surface area contributed by atoms with E-state index in [1.807, 2.05) is 25.1 Å². The number of carbonyl (C=O) groups excluding carboxylic acids is 1. The van der Waals surface area contributed by atoms with Crippen molar-refractivity contribution in [3.8, 4) is 0 Å². The normalized spacial score (nSPS) is 10.7. The summed E-state index contributed by atoms with van der Waals surface area (Å²) < 4.78 is 1.80. The van der Waals surface area contributed by atoms with E-state index >= 15 is 0 Å². The fraction of sp³-hybridized carbons (Fsp3) is 0.200. The summed E-state index contributed by atoms with van der Waals surface area (Å²) in [6, 6.07) is 5.55. The molecule has 0 aliphatic carbocycles. The van der Waals surface area contributed by atoms with Crippen molar-refractivity contribution in [2.75, 3.05) is 0 Å². The van der Waals surface area contributed by atoms with Gasteiger partial charge in [-0.25, -0.2) is 9.67 Å². The topological polar surface area (TPSA) is 72.7 Å². The number of pyridine rings is 2. The molecule has 1 N–H and O–H groups in total. The zero-order valence-electron chi connectivity index (χ0n) is 11.7. The molecule has 0 saturated heterocycles. The van der Waals surface area contributed by atoms with Gasteiger partial charge >= 0.3 is 0 Å². The summed E-state index contributed by atoms with van der Waals surface area (Å²) in [5.74, 6) is -0.148. The average Bonchev–Trinajstić information content (AvgIpc) is 2.95. The van der Waals surface area contributed by atoms with Crippen molar-refractivity contribution in [3.63, 3.8) is 0 Å². The zero-order valence-corrected chi connectivity index (χ0v) is 11.7. The molecule has 1 amide bonds. The molecule has 0 aliphatic rings. The summed E-state index contributed by atoms with van der Waals surface area (Å²) in [6.45, 7) is 3.22. The fourth-order valence-corrected chi connectivity index (χ4v) is 2.11. The van der Waals surface area contributed by atoms with Crippen LogP contribution in [0.3, 0.4) is 0 Å². The van der Waals surface area contributed by atoms with Gasteiger partial charge < -0.3 is 5.32 Å². The highest BCUT2D eigenvalue weighted by atomic mass is 16.1. The number of hydrogen-bond donors (Lipinski definition) is 1. The van der Waals surface area contributed by atoms with Gasteiger partial charge in [0.2, 0.25) is 0 Å². The van der Waals surface area contributed by atoms with E-state index < -0.39 is 0 Å². The lowest BCUT2D eigenvalue weighted by atomic mass is 10.2. The summed E-state index contributed by atoms with van der Waals surface area (Å²) in [6.07, 6.45) is 6.71. The third kappa shape index (κ3) is 2.74. The Hall–Kier alpha value is -2.76. The number of nitrogens with one attached hydrogen (secondary N) is 1. The summed E-state index contributed by atoms with van der Waals surface area (Å²) in [5, 5.41) is 7.96. The molecule has 0 spiro atoms. The summed E-state index contributed by atoms with van der Waals surface area (Å²) in [7, 11) is 0. The second-order valence-corrected chi connectivity index (χ2v) is 4.64. The smallest absolute Gasteiger partial charge is 0.253 e. The molecule has 0 aromatic carbocycles. The van der Waals surface area contributed by atoms with Crippen molar-refractivity contribution in [1.82, 2.24) is 25.1 Å². The third-order valence-electron chi connectivity index (χ3n) is 3.24. The average molecular weight is 281 g/mol. The van der Waals surface area contributed by atoms with Crippen LogP contribution in [0, 0.1) is 0 Å². The van der Waals surface area contributed by atoms with E-state index in [4.69, 9.17) is 0 Å². The molecule has 6 nitrogen and oxygen atoms in total. The van der Waals surface area contributed by atoms with Gasteiger partial charge in [-0.05, 0) is 30.7 Å². The van der Waals surface area contributed by atoms with Crippen LogP contribution in [0.4, 0.5) is 0 Å². The van der Waals surface area contributed by atoms with Crippen LogP contribution in [0.15, 0.2) is 43.0 Å². The highest BCUT2D eigenvalue weighted by Crippen LogP contribution is 2.13. The molecule has 3 aromatic heterocycles. The van der Waals surface area contributed by atoms with Gasteiger partial charge in [0, 0.05) is 37.1 Å². The Morgan fingerprint density at radius 3 is 2.86 bits per heavy atom. The van der Waals surface area contributed by atoms with Crippen molar-refractivity contribution >= 4 is 16.9 Å². The summed E-state index contributed by atoms with van der Waals surface area (Å²) in [5.41, 5.74) is 2.33. The predicted molar refractivity (Wildman–Crippen MR) is 78.6 cm³/mol. The first kappa shape index (κ1) is 13.2. The lowest BCUT2D eigenvalue weighted by Gasteiger charge is -2.05. The molecule has 0 atom stereocenters. The third-order valence-corrected chi connectivity index (χ3v) is 3.24. The van der Waals surface area contributed by atoms with Gasteiger partial charge in [0.1, 0.15) is 0 Å². The maximum Gasteiger partial charge on any atom is 0.253 e. The summed E-state index contributed by atoms with van der Waals surface area (Å²) >= 11 is 0. The number of carbonyl (C=O) groups is 1. The van der Waals surface area contributed by atoms with Crippen LogP contribution in [-0.4, -0.2) is 25.7 Å². The molecule has 0 bridgehead atoms. The molecule has 0 aliphatic heterocycles. The van der Waals surface area contributed by atoms with Crippen LogP contribution >= 0.6 is 0 Å². The van der Waals surface area contributed by atoms with Gasteiger partial charge in [0.25, 0.3) is 5.91 Å². The number of amides is 1. The molecular weight excluding hydrogens is 266 g/mol. The minimum Gasteiger partial charge on any atom is -0.348 e. The largest absolute Gasteiger partial charge is 0.348 e. The summed E-state index contributed by atoms with van der Waals surface area (Å²) in [4.78, 5) is 20.4. The van der Waals surface area contributed by atoms with Crippen molar-refractivity contribution < 1.29 is 4.79 Å². The maximum atomic E-state index is 12.1. The molecule has 6 heteroatoms. The van der Waals surface area contributed by atoms with Gasteiger partial charge in [-0.1, -0.05) is 0 Å². The van der Waals surface area contributed by atoms with E-state index in [-0.39, 0.29) is 5.91 Å². The zero-order chi connectivity index (χ0) is 14.7. The van der Waals surface area contributed by atoms with Crippen LogP contribution < -0.4 is 5.32 Å². The Balaban J connectivity index is 1.75. The van der Waals surface area contributed by atoms with Crippen molar-refractivity contribution in [2.45, 2.75) is 20.0 Å². The number of rotatable bonds is 4. The number of aromatic nitrogens is 4. The highest BCUT2D eigenvalue weighted by molar-refractivity contribution is 5.96. The van der Waals surface area contributed by atoms with E-state index in [9.17, 15) is 4.79 Å². The van der Waals surface area contributed by atoms with Crippen molar-refractivity contribution in [1.29, 1.82) is 0 Å². The van der Waals surface area contributed by atoms with Crippen molar-refractivity contribution in [3.05, 3.63) is 54.1 Å². The Labute approximate surface area is 121 Å². The molecule has 3 rings (SSSR count). The quantitative estimate of drug-likeness (QED) is 0.791. The van der Waals surface area contributed by atoms with Gasteiger partial charge in [-0.15, -0.1) is 0 Å². The number of aryl methyl sites for hydroxylation is 1. The standard InChI is InChI=1S/C15H15N5O/c1-2-20-14-12(10-19-20)7-13(9-17-14)15(21)18-8-11-3-5-16-6-4-11/h3-7,9-10H,2,8H2,1H3,(H,18,21). The Morgan fingerprint density at radius 2 is 2.10 bits per heavy atom. The molecule has 106 valence electrons. The second kappa shape index (κ2) is 5.70. The molecule has 0 unspecified atom stereocenters. The molecule has 0 fully saturated rings. The predicted octanol–water partition coefficient (Wildman–Crippen LogP) is 1.78. The molecule has 0 saturated carbocycles. The Morgan fingerprint density at radius 1 is 1.29 bits per heavy atom. The van der Waals surface area contributed by atoms with E-state index in [0.717, 1.165) is 23.1 Å². The van der Waals surface area contributed by atoms with E-state index in [1.165, 1.54) is 0 Å². The lowest BCUT2D eigenvalue weighted by Crippen LogP contribution is -2.22. The van der Waals surface area contributed by atoms with Crippen LogP contribution in [0.25, 0.3) is 11.0 Å². The van der Waals surface area contributed by atoms with Gasteiger partial charge in [0.05, 0.1) is 11.8 Å². The monoisotopic (exact) mass is 281 g/mol. The van der Waals surface area contributed by atoms with Crippen LogP contribution in [0.1, 0.15) is 22.8 Å². The van der Waals surface area contributed by atoms with Gasteiger partial charge in [-0.3, -0.25) is 9.78 Å². The van der Waals surface area contributed by atoms with E-state index in [0.29, 0.717) is 12.1 Å².